The van der Waals surface area contributed by atoms with Gasteiger partial charge in [0.1, 0.15) is 6.10 Å². The van der Waals surface area contributed by atoms with Crippen LogP contribution in [-0.4, -0.2) is 16.7 Å². The van der Waals surface area contributed by atoms with Crippen LogP contribution in [0, 0.1) is 10.8 Å². The van der Waals surface area contributed by atoms with Crippen molar-refractivity contribution in [3.8, 4) is 0 Å². The number of aliphatic hydroxyl groups is 1. The molecule has 0 aliphatic rings. The lowest BCUT2D eigenvalue weighted by molar-refractivity contribution is 0.0930. The topological polar surface area (TPSA) is 54.4 Å². The fourth-order valence-corrected chi connectivity index (χ4v) is 3.06. The van der Waals surface area contributed by atoms with Crippen LogP contribution in [0.4, 0.5) is 0 Å². The van der Waals surface area contributed by atoms with Crippen molar-refractivity contribution in [1.29, 1.82) is 0 Å². The van der Waals surface area contributed by atoms with Gasteiger partial charge in [-0.3, -0.25) is 9.59 Å². The molecule has 3 nitrogen and oxygen atoms in total. The highest BCUT2D eigenvalue weighted by molar-refractivity contribution is 5.97. The van der Waals surface area contributed by atoms with Crippen LogP contribution in [0.15, 0.2) is 48.5 Å². The van der Waals surface area contributed by atoms with Gasteiger partial charge in [0.25, 0.3) is 0 Å². The van der Waals surface area contributed by atoms with Gasteiger partial charge in [-0.05, 0) is 22.0 Å². The fraction of sp³-hybridized carbons (Fsp3) is 0.440. The standard InChI is InChI=1S/C25H32O3/c1-24(2,3)15-21(26)17-7-11-19(12-8-17)23(28)20-13-9-18(10-14-20)22(27)16-25(4,5)6/h7-14,23,28H,15-16H2,1-6H3. The second-order valence-electron chi connectivity index (χ2n) is 9.97. The molecule has 0 aromatic heterocycles. The monoisotopic (exact) mass is 380 g/mol. The van der Waals surface area contributed by atoms with E-state index in [2.05, 4.69) is 0 Å². The summed E-state index contributed by atoms with van der Waals surface area (Å²) in [6.07, 6.45) is 0.177. The van der Waals surface area contributed by atoms with Crippen LogP contribution in [0.25, 0.3) is 0 Å². The average Bonchev–Trinajstić information content (AvgIpc) is 2.58. The first-order valence-corrected chi connectivity index (χ1v) is 9.80. The smallest absolute Gasteiger partial charge is 0.163 e. The number of Topliss-reactive ketones (excluding diaryl/α,β-unsaturated/α-hetero) is 2. The zero-order valence-corrected chi connectivity index (χ0v) is 17.9. The Kier molecular flexibility index (Phi) is 6.61. The van der Waals surface area contributed by atoms with Crippen LogP contribution < -0.4 is 0 Å². The largest absolute Gasteiger partial charge is 0.384 e. The molecule has 2 aromatic rings. The van der Waals surface area contributed by atoms with Crippen LogP contribution in [0.3, 0.4) is 0 Å². The van der Waals surface area contributed by atoms with Crippen molar-refractivity contribution < 1.29 is 14.7 Å². The van der Waals surface area contributed by atoms with Crippen molar-refractivity contribution in [2.45, 2.75) is 60.5 Å². The minimum Gasteiger partial charge on any atom is -0.384 e. The van der Waals surface area contributed by atoms with Gasteiger partial charge in [0.15, 0.2) is 11.6 Å². The molecule has 0 saturated carbocycles. The van der Waals surface area contributed by atoms with E-state index >= 15 is 0 Å². The lowest BCUT2D eigenvalue weighted by Crippen LogP contribution is -2.13. The van der Waals surface area contributed by atoms with E-state index in [0.29, 0.717) is 24.0 Å². The summed E-state index contributed by atoms with van der Waals surface area (Å²) < 4.78 is 0. The lowest BCUT2D eigenvalue weighted by Gasteiger charge is -2.18. The molecule has 0 spiro atoms. The quantitative estimate of drug-likeness (QED) is 0.625. The Morgan fingerprint density at radius 1 is 0.679 bits per heavy atom. The number of ketones is 2. The van der Waals surface area contributed by atoms with Crippen molar-refractivity contribution >= 4 is 11.6 Å². The SMILES string of the molecule is CC(C)(C)CC(=O)c1ccc(C(O)c2ccc(C(=O)CC(C)(C)C)cc2)cc1. The number of carbonyl (C=O) groups is 2. The molecule has 0 bridgehead atoms. The van der Waals surface area contributed by atoms with E-state index in [1.807, 2.05) is 41.5 Å². The third-order valence-corrected chi connectivity index (χ3v) is 4.48. The average molecular weight is 381 g/mol. The minimum absolute atomic E-state index is 0.0541. The summed E-state index contributed by atoms with van der Waals surface area (Å²) in [6, 6.07) is 14.3. The van der Waals surface area contributed by atoms with Gasteiger partial charge in [-0.2, -0.15) is 0 Å². The van der Waals surface area contributed by atoms with Gasteiger partial charge >= 0.3 is 0 Å². The Bertz CT molecular complexity index is 745. The van der Waals surface area contributed by atoms with Crippen molar-refractivity contribution in [3.63, 3.8) is 0 Å². The summed E-state index contributed by atoms with van der Waals surface area (Å²) in [5.41, 5.74) is 2.66. The predicted octanol–water partition coefficient (Wildman–Crippen LogP) is 6.01. The van der Waals surface area contributed by atoms with Crippen LogP contribution in [0.1, 0.15) is 92.3 Å². The summed E-state index contributed by atoms with van der Waals surface area (Å²) in [5, 5.41) is 10.7. The molecule has 0 atom stereocenters. The molecule has 0 fully saturated rings. The first-order chi connectivity index (χ1) is 12.9. The van der Waals surface area contributed by atoms with Crippen LogP contribution in [0.5, 0.6) is 0 Å². The summed E-state index contributed by atoms with van der Waals surface area (Å²) in [5.74, 6) is 0.213. The Morgan fingerprint density at radius 2 is 0.964 bits per heavy atom. The Labute approximate surface area is 168 Å². The molecular weight excluding hydrogens is 348 g/mol. The summed E-state index contributed by atoms with van der Waals surface area (Å²) >= 11 is 0. The summed E-state index contributed by atoms with van der Waals surface area (Å²) in [7, 11) is 0. The van der Waals surface area contributed by atoms with Crippen molar-refractivity contribution in [3.05, 3.63) is 70.8 Å². The van der Waals surface area contributed by atoms with Gasteiger partial charge in [0.05, 0.1) is 0 Å². The first-order valence-electron chi connectivity index (χ1n) is 9.80. The van der Waals surface area contributed by atoms with E-state index < -0.39 is 6.10 Å². The second-order valence-corrected chi connectivity index (χ2v) is 9.97. The maximum atomic E-state index is 12.3. The van der Waals surface area contributed by atoms with Gasteiger partial charge < -0.3 is 5.11 Å². The van der Waals surface area contributed by atoms with Gasteiger partial charge in [0.2, 0.25) is 0 Å². The fourth-order valence-electron chi connectivity index (χ4n) is 3.06. The summed E-state index contributed by atoms with van der Waals surface area (Å²) in [4.78, 5) is 24.6. The molecule has 3 heteroatoms. The number of hydrogen-bond acceptors (Lipinski definition) is 3. The van der Waals surface area contributed by atoms with E-state index in [0.717, 1.165) is 11.1 Å². The minimum atomic E-state index is -0.793. The molecule has 1 N–H and O–H groups in total. The third-order valence-electron chi connectivity index (χ3n) is 4.48. The predicted molar refractivity (Wildman–Crippen MR) is 114 cm³/mol. The number of carbonyl (C=O) groups excluding carboxylic acids is 2. The highest BCUT2D eigenvalue weighted by Crippen LogP contribution is 2.26. The Balaban J connectivity index is 2.10. The molecule has 0 aliphatic carbocycles. The molecule has 0 aliphatic heterocycles. The second kappa shape index (κ2) is 8.40. The van der Waals surface area contributed by atoms with Crippen molar-refractivity contribution in [1.82, 2.24) is 0 Å². The Morgan fingerprint density at radius 3 is 1.21 bits per heavy atom. The van der Waals surface area contributed by atoms with E-state index in [-0.39, 0.29) is 22.4 Å². The van der Waals surface area contributed by atoms with Gasteiger partial charge in [0, 0.05) is 24.0 Å². The Hall–Kier alpha value is -2.26. The van der Waals surface area contributed by atoms with Crippen LogP contribution in [-0.2, 0) is 0 Å². The molecule has 150 valence electrons. The number of hydrogen-bond donors (Lipinski definition) is 1. The molecular formula is C25H32O3. The maximum absolute atomic E-state index is 12.3. The van der Waals surface area contributed by atoms with Gasteiger partial charge in [-0.25, -0.2) is 0 Å². The maximum Gasteiger partial charge on any atom is 0.163 e. The molecule has 0 radical (unpaired) electrons. The zero-order chi connectivity index (χ0) is 21.1. The van der Waals surface area contributed by atoms with Crippen LogP contribution >= 0.6 is 0 Å². The van der Waals surface area contributed by atoms with Crippen molar-refractivity contribution in [2.24, 2.45) is 10.8 Å². The van der Waals surface area contributed by atoms with E-state index in [9.17, 15) is 14.7 Å². The zero-order valence-electron chi connectivity index (χ0n) is 17.9. The molecule has 2 rings (SSSR count). The van der Waals surface area contributed by atoms with E-state index in [1.54, 1.807) is 48.5 Å². The highest BCUT2D eigenvalue weighted by Gasteiger charge is 2.19. The molecule has 0 saturated heterocycles. The molecule has 0 unspecified atom stereocenters. The molecule has 0 amide bonds. The molecule has 2 aromatic carbocycles. The van der Waals surface area contributed by atoms with E-state index in [4.69, 9.17) is 0 Å². The van der Waals surface area contributed by atoms with Crippen molar-refractivity contribution in [2.75, 3.05) is 0 Å². The van der Waals surface area contributed by atoms with E-state index in [1.165, 1.54) is 0 Å². The number of rotatable bonds is 6. The van der Waals surface area contributed by atoms with Gasteiger partial charge in [-0.15, -0.1) is 0 Å². The molecule has 28 heavy (non-hydrogen) atoms. The first kappa shape index (κ1) is 22.0. The van der Waals surface area contributed by atoms with Gasteiger partial charge in [-0.1, -0.05) is 90.1 Å². The van der Waals surface area contributed by atoms with Crippen LogP contribution in [0.2, 0.25) is 0 Å². The molecule has 0 heterocycles. The number of aliphatic hydroxyl groups excluding tert-OH is 1. The lowest BCUT2D eigenvalue weighted by atomic mass is 9.87. The third kappa shape index (κ3) is 6.42. The number of benzene rings is 2. The highest BCUT2D eigenvalue weighted by atomic mass is 16.3. The normalized spacial score (nSPS) is 12.3. The summed E-state index contributed by atoms with van der Waals surface area (Å²) in [6.45, 7) is 12.2.